The fraction of sp³-hybridized carbons (Fsp3) is 0.741. The quantitative estimate of drug-likeness (QED) is 0.534. The van der Waals surface area contributed by atoms with Gasteiger partial charge in [0, 0.05) is 6.07 Å². The SMILES string of the molecule is C[C@@]1(O)CC[C@]2(F)C3CC[C@]4(C)[C@@H](C(C=O)Nc5ccc(F)cc5F)CC[C@H]4[C@@H]3CC[C@@H]2C1. The minimum Gasteiger partial charge on any atom is -0.390 e. The summed E-state index contributed by atoms with van der Waals surface area (Å²) in [5.41, 5.74) is -1.91. The second kappa shape index (κ2) is 8.00. The van der Waals surface area contributed by atoms with Crippen LogP contribution in [0.4, 0.5) is 18.9 Å². The lowest BCUT2D eigenvalue weighted by Gasteiger charge is -2.59. The van der Waals surface area contributed by atoms with E-state index in [1.54, 1.807) is 0 Å². The van der Waals surface area contributed by atoms with E-state index in [1.165, 1.54) is 12.1 Å². The van der Waals surface area contributed by atoms with Crippen LogP contribution in [0.3, 0.4) is 0 Å². The Morgan fingerprint density at radius 3 is 2.58 bits per heavy atom. The van der Waals surface area contributed by atoms with Gasteiger partial charge >= 0.3 is 0 Å². The number of halogens is 3. The van der Waals surface area contributed by atoms with E-state index in [4.69, 9.17) is 0 Å². The number of anilines is 1. The molecule has 182 valence electrons. The highest BCUT2D eigenvalue weighted by Gasteiger charge is 2.63. The number of aliphatic hydroxyl groups is 1. The Labute approximate surface area is 194 Å². The van der Waals surface area contributed by atoms with E-state index in [1.807, 2.05) is 6.92 Å². The fourth-order valence-electron chi connectivity index (χ4n) is 8.62. The van der Waals surface area contributed by atoms with Crippen molar-refractivity contribution in [2.75, 3.05) is 5.32 Å². The van der Waals surface area contributed by atoms with Gasteiger partial charge in [-0.15, -0.1) is 0 Å². The number of alkyl halides is 1. The highest BCUT2D eigenvalue weighted by atomic mass is 19.1. The van der Waals surface area contributed by atoms with Crippen LogP contribution in [0, 0.1) is 46.6 Å². The largest absolute Gasteiger partial charge is 0.390 e. The zero-order valence-corrected chi connectivity index (χ0v) is 19.6. The van der Waals surface area contributed by atoms with Crippen molar-refractivity contribution in [3.05, 3.63) is 29.8 Å². The molecule has 4 aliphatic carbocycles. The first-order valence-corrected chi connectivity index (χ1v) is 12.7. The molecule has 0 radical (unpaired) electrons. The van der Waals surface area contributed by atoms with E-state index in [9.17, 15) is 18.7 Å². The second-order valence-electron chi connectivity index (χ2n) is 11.9. The Morgan fingerprint density at radius 2 is 1.85 bits per heavy atom. The average molecular weight is 464 g/mol. The summed E-state index contributed by atoms with van der Waals surface area (Å²) in [6.45, 7) is 4.09. The van der Waals surface area contributed by atoms with E-state index >= 15 is 4.39 Å². The molecule has 4 aliphatic rings. The van der Waals surface area contributed by atoms with Crippen molar-refractivity contribution < 1.29 is 23.1 Å². The molecule has 4 saturated carbocycles. The van der Waals surface area contributed by atoms with Gasteiger partial charge in [-0.05, 0) is 112 Å². The summed E-state index contributed by atoms with van der Waals surface area (Å²) < 4.78 is 44.1. The zero-order valence-electron chi connectivity index (χ0n) is 19.6. The van der Waals surface area contributed by atoms with E-state index < -0.39 is 28.9 Å². The van der Waals surface area contributed by atoms with E-state index in [0.29, 0.717) is 31.1 Å². The molecule has 1 aromatic carbocycles. The number of rotatable bonds is 4. The topological polar surface area (TPSA) is 49.3 Å². The number of fused-ring (bicyclic) bond motifs is 5. The van der Waals surface area contributed by atoms with Crippen molar-refractivity contribution in [2.45, 2.75) is 88.9 Å². The van der Waals surface area contributed by atoms with Gasteiger partial charge in [0.2, 0.25) is 0 Å². The Bertz CT molecular complexity index is 923. The molecule has 9 atom stereocenters. The summed E-state index contributed by atoms with van der Waals surface area (Å²) in [4.78, 5) is 12.1. The van der Waals surface area contributed by atoms with Crippen LogP contribution in [0.5, 0.6) is 0 Å². The van der Waals surface area contributed by atoms with Crippen molar-refractivity contribution in [3.8, 4) is 0 Å². The maximum absolute atomic E-state index is 16.5. The summed E-state index contributed by atoms with van der Waals surface area (Å²) in [6, 6.07) is 2.81. The number of nitrogens with one attached hydrogen (secondary N) is 1. The molecule has 0 spiro atoms. The Kier molecular flexibility index (Phi) is 5.62. The lowest BCUT2D eigenvalue weighted by Crippen LogP contribution is -2.59. The minimum absolute atomic E-state index is 0.0290. The predicted octanol–water partition coefficient (Wildman–Crippen LogP) is 6.06. The van der Waals surface area contributed by atoms with Gasteiger partial charge in [-0.25, -0.2) is 13.2 Å². The predicted molar refractivity (Wildman–Crippen MR) is 121 cm³/mol. The van der Waals surface area contributed by atoms with Crippen molar-refractivity contribution in [1.82, 2.24) is 0 Å². The van der Waals surface area contributed by atoms with Crippen LogP contribution < -0.4 is 5.32 Å². The minimum atomic E-state index is -1.19. The molecule has 0 aromatic heterocycles. The van der Waals surface area contributed by atoms with Crippen molar-refractivity contribution in [2.24, 2.45) is 35.0 Å². The lowest BCUT2D eigenvalue weighted by atomic mass is 9.47. The summed E-state index contributed by atoms with van der Waals surface area (Å²) in [6.07, 6.45) is 7.66. The molecular formula is C27H36F3NO2. The molecule has 0 amide bonds. The van der Waals surface area contributed by atoms with Gasteiger partial charge in [0.25, 0.3) is 0 Å². The first kappa shape index (κ1) is 23.2. The third-order valence-corrected chi connectivity index (χ3v) is 10.2. The number of carbonyl (C=O) groups is 1. The van der Waals surface area contributed by atoms with Gasteiger partial charge in [0.1, 0.15) is 23.6 Å². The molecule has 4 fully saturated rings. The molecule has 0 aliphatic heterocycles. The van der Waals surface area contributed by atoms with E-state index in [0.717, 1.165) is 50.9 Å². The van der Waals surface area contributed by atoms with Crippen molar-refractivity contribution in [3.63, 3.8) is 0 Å². The molecule has 2 unspecified atom stereocenters. The molecule has 6 heteroatoms. The van der Waals surface area contributed by atoms with Gasteiger partial charge in [0.15, 0.2) is 0 Å². The molecule has 2 N–H and O–H groups in total. The number of hydrogen-bond donors (Lipinski definition) is 2. The summed E-state index contributed by atoms with van der Waals surface area (Å²) in [5, 5.41) is 13.6. The van der Waals surface area contributed by atoms with Gasteiger partial charge in [-0.2, -0.15) is 0 Å². The smallest absolute Gasteiger partial charge is 0.149 e. The third-order valence-electron chi connectivity index (χ3n) is 10.2. The van der Waals surface area contributed by atoms with Crippen LogP contribution in [0.25, 0.3) is 0 Å². The molecule has 0 heterocycles. The van der Waals surface area contributed by atoms with Gasteiger partial charge in [0.05, 0.1) is 17.3 Å². The third kappa shape index (κ3) is 3.71. The Hall–Kier alpha value is -1.56. The van der Waals surface area contributed by atoms with Gasteiger partial charge in [-0.3, -0.25) is 0 Å². The number of carbonyl (C=O) groups excluding carboxylic acids is 1. The fourth-order valence-corrected chi connectivity index (χ4v) is 8.62. The number of benzene rings is 1. The van der Waals surface area contributed by atoms with Gasteiger partial charge in [-0.1, -0.05) is 6.92 Å². The molecule has 0 saturated heterocycles. The normalized spacial score (nSPS) is 45.5. The average Bonchev–Trinajstić information content (AvgIpc) is 3.11. The maximum Gasteiger partial charge on any atom is 0.149 e. The van der Waals surface area contributed by atoms with Crippen LogP contribution in [-0.4, -0.2) is 28.7 Å². The Balaban J connectivity index is 1.36. The van der Waals surface area contributed by atoms with E-state index in [-0.39, 0.29) is 28.9 Å². The number of aldehydes is 1. The standard InChI is InChI=1S/C27H36F3NO2/c1-25(33)11-12-27(30)16(14-25)3-5-18-19-6-7-21(26(19,2)10-9-20(18)27)24(15-32)31-23-8-4-17(28)13-22(23)29/h4,8,13,15-16,18-21,24,31,33H,3,5-7,9-12,14H2,1-2H3/t16-,18+,19+,20?,21-,24?,25-,26+,27-/m1/s1. The lowest BCUT2D eigenvalue weighted by molar-refractivity contribution is -0.164. The highest BCUT2D eigenvalue weighted by Crippen LogP contribution is 2.66. The monoisotopic (exact) mass is 463 g/mol. The van der Waals surface area contributed by atoms with Crippen LogP contribution in [-0.2, 0) is 4.79 Å². The molecular weight excluding hydrogens is 427 g/mol. The molecule has 0 bridgehead atoms. The first-order chi connectivity index (χ1) is 15.6. The van der Waals surface area contributed by atoms with Crippen LogP contribution in [0.2, 0.25) is 0 Å². The summed E-state index contributed by atoms with van der Waals surface area (Å²) >= 11 is 0. The number of hydrogen-bond acceptors (Lipinski definition) is 3. The van der Waals surface area contributed by atoms with Crippen molar-refractivity contribution >= 4 is 12.0 Å². The first-order valence-electron chi connectivity index (χ1n) is 12.7. The highest BCUT2D eigenvalue weighted by molar-refractivity contribution is 5.65. The molecule has 1 aromatic rings. The second-order valence-corrected chi connectivity index (χ2v) is 11.9. The van der Waals surface area contributed by atoms with Crippen molar-refractivity contribution in [1.29, 1.82) is 0 Å². The molecule has 5 rings (SSSR count). The summed E-state index contributed by atoms with van der Waals surface area (Å²) in [5.74, 6) is -0.697. The molecule has 3 nitrogen and oxygen atoms in total. The maximum atomic E-state index is 16.5. The van der Waals surface area contributed by atoms with Crippen LogP contribution in [0.15, 0.2) is 18.2 Å². The van der Waals surface area contributed by atoms with Gasteiger partial charge < -0.3 is 15.2 Å². The molecule has 33 heavy (non-hydrogen) atoms. The van der Waals surface area contributed by atoms with Crippen LogP contribution in [0.1, 0.15) is 71.6 Å². The van der Waals surface area contributed by atoms with Crippen LogP contribution >= 0.6 is 0 Å². The zero-order chi connectivity index (χ0) is 23.6. The summed E-state index contributed by atoms with van der Waals surface area (Å²) in [7, 11) is 0. The van der Waals surface area contributed by atoms with E-state index in [2.05, 4.69) is 12.2 Å². The Morgan fingerprint density at radius 1 is 1.06 bits per heavy atom.